The number of ether oxygens (including phenoxy) is 1. The predicted molar refractivity (Wildman–Crippen MR) is 145 cm³/mol. The highest BCUT2D eigenvalue weighted by atomic mass is 16.5. The fraction of sp³-hybridized carbons (Fsp3) is 0.333. The zero-order valence-electron chi connectivity index (χ0n) is 21.6. The lowest BCUT2D eigenvalue weighted by atomic mass is 10.2. The fourth-order valence-corrected chi connectivity index (χ4v) is 5.15. The average molecular weight is 499 g/mol. The molecule has 7 rings (SSSR count). The minimum atomic E-state index is 0.734. The molecule has 0 saturated heterocycles. The molecule has 3 aliphatic heterocycles. The van der Waals surface area contributed by atoms with Gasteiger partial charge in [-0.05, 0) is 48.5 Å². The number of anilines is 2. The van der Waals surface area contributed by atoms with Crippen LogP contribution in [0.4, 0.5) is 11.4 Å². The maximum atomic E-state index is 6.57. The number of para-hydroxylation sites is 4. The van der Waals surface area contributed by atoms with Crippen LogP contribution in [0.3, 0.4) is 0 Å². The lowest BCUT2D eigenvalue weighted by Crippen LogP contribution is -2.33. The summed E-state index contributed by atoms with van der Waals surface area (Å²) in [5, 5.41) is 0. The van der Waals surface area contributed by atoms with Crippen LogP contribution in [0.15, 0.2) is 81.6 Å². The molecule has 7 heteroatoms. The largest absolute Gasteiger partial charge is 0.463 e. The standard InChI is InChI=1S/C30H34N4O3/c1-31-15-17-33-19-23-11-13-25(35-23)21-34(22-26-14-12-24(20-33)36-26)18-16-32(2)28-8-4-6-10-30(28)37-29-9-5-3-7-27(29)31/h3-14H,15-22H2,1-2H3. The first kappa shape index (κ1) is 23.7. The molecule has 0 unspecified atom stereocenters. The Morgan fingerprint density at radius 1 is 0.486 bits per heavy atom. The summed E-state index contributed by atoms with van der Waals surface area (Å²) in [5.41, 5.74) is 2.13. The first-order valence-electron chi connectivity index (χ1n) is 13.0. The van der Waals surface area contributed by atoms with Crippen molar-refractivity contribution in [2.24, 2.45) is 0 Å². The van der Waals surface area contributed by atoms with Crippen LogP contribution in [-0.4, -0.2) is 50.1 Å². The summed E-state index contributed by atoms with van der Waals surface area (Å²) < 4.78 is 19.2. The van der Waals surface area contributed by atoms with Crippen molar-refractivity contribution in [1.29, 1.82) is 0 Å². The van der Waals surface area contributed by atoms with E-state index in [-0.39, 0.29) is 0 Å². The van der Waals surface area contributed by atoms with Gasteiger partial charge >= 0.3 is 0 Å². The molecule has 0 fully saturated rings. The molecule has 3 aliphatic rings. The molecule has 0 saturated carbocycles. The second-order valence-corrected chi connectivity index (χ2v) is 10.0. The van der Waals surface area contributed by atoms with Crippen molar-refractivity contribution in [3.8, 4) is 11.5 Å². The molecule has 5 heterocycles. The van der Waals surface area contributed by atoms with Gasteiger partial charge in [-0.15, -0.1) is 0 Å². The summed E-state index contributed by atoms with van der Waals surface area (Å²) in [7, 11) is 4.25. The Labute approximate surface area is 218 Å². The summed E-state index contributed by atoms with van der Waals surface area (Å²) in [6, 6.07) is 25.0. The Kier molecular flexibility index (Phi) is 6.64. The number of fused-ring (bicyclic) bond motifs is 4. The van der Waals surface area contributed by atoms with Crippen LogP contribution in [0.5, 0.6) is 11.5 Å². The fourth-order valence-electron chi connectivity index (χ4n) is 5.15. The molecule has 0 N–H and O–H groups in total. The van der Waals surface area contributed by atoms with Gasteiger partial charge in [-0.3, -0.25) is 9.80 Å². The SMILES string of the molecule is CN1CCN2Cc3ccc(o3)CN(CCN(C)c3ccccc3Oc3ccccc31)Cc1ccc(o1)C2. The first-order chi connectivity index (χ1) is 18.1. The highest BCUT2D eigenvalue weighted by Crippen LogP contribution is 2.36. The van der Waals surface area contributed by atoms with Gasteiger partial charge in [0, 0.05) is 40.3 Å². The summed E-state index contributed by atoms with van der Waals surface area (Å²) in [6.07, 6.45) is 0. The molecule has 2 aromatic carbocycles. The zero-order valence-corrected chi connectivity index (χ0v) is 21.6. The topological polar surface area (TPSA) is 48.5 Å². The molecule has 0 atom stereocenters. The van der Waals surface area contributed by atoms with Gasteiger partial charge in [-0.1, -0.05) is 24.3 Å². The molecule has 37 heavy (non-hydrogen) atoms. The van der Waals surface area contributed by atoms with Gasteiger partial charge < -0.3 is 23.4 Å². The van der Waals surface area contributed by atoms with Crippen molar-refractivity contribution >= 4 is 11.4 Å². The summed E-state index contributed by atoms with van der Waals surface area (Å²) in [6.45, 7) is 6.30. The third kappa shape index (κ3) is 5.38. The third-order valence-electron chi connectivity index (χ3n) is 7.23. The van der Waals surface area contributed by atoms with E-state index < -0.39 is 0 Å². The number of furan rings is 2. The number of nitrogens with zero attached hydrogens (tertiary/aromatic N) is 4. The zero-order chi connectivity index (χ0) is 25.2. The molecule has 0 aliphatic carbocycles. The number of hydrogen-bond donors (Lipinski definition) is 0. The predicted octanol–water partition coefficient (Wildman–Crippen LogP) is 5.57. The van der Waals surface area contributed by atoms with Crippen LogP contribution in [-0.2, 0) is 26.2 Å². The Bertz CT molecular complexity index is 1200. The van der Waals surface area contributed by atoms with E-state index in [2.05, 4.69) is 82.2 Å². The van der Waals surface area contributed by atoms with Crippen LogP contribution >= 0.6 is 0 Å². The van der Waals surface area contributed by atoms with Gasteiger partial charge in [0.05, 0.1) is 37.6 Å². The van der Waals surface area contributed by atoms with E-state index in [1.165, 1.54) is 0 Å². The van der Waals surface area contributed by atoms with Crippen molar-refractivity contribution < 1.29 is 13.6 Å². The maximum absolute atomic E-state index is 6.57. The van der Waals surface area contributed by atoms with Crippen molar-refractivity contribution in [3.63, 3.8) is 0 Å². The normalized spacial score (nSPS) is 20.5. The highest BCUT2D eigenvalue weighted by molar-refractivity contribution is 5.63. The van der Waals surface area contributed by atoms with Crippen molar-refractivity contribution in [3.05, 3.63) is 95.8 Å². The van der Waals surface area contributed by atoms with E-state index in [4.69, 9.17) is 13.6 Å². The number of likely N-dealkylation sites (N-methyl/N-ethyl adjacent to an activating group) is 2. The minimum Gasteiger partial charge on any atom is -0.463 e. The minimum absolute atomic E-state index is 0.734. The monoisotopic (exact) mass is 498 g/mol. The highest BCUT2D eigenvalue weighted by Gasteiger charge is 2.20. The molecule has 0 radical (unpaired) electrons. The Morgan fingerprint density at radius 2 is 0.865 bits per heavy atom. The van der Waals surface area contributed by atoms with E-state index in [0.717, 1.165) is 98.3 Å². The second kappa shape index (κ2) is 10.4. The molecule has 2 aromatic heterocycles. The second-order valence-electron chi connectivity index (χ2n) is 10.0. The average Bonchev–Trinajstić information content (AvgIpc) is 3.54. The Balaban J connectivity index is 1.40. The molecule has 4 aromatic rings. The van der Waals surface area contributed by atoms with E-state index in [9.17, 15) is 0 Å². The molecule has 7 nitrogen and oxygen atoms in total. The number of rotatable bonds is 0. The molecular weight excluding hydrogens is 464 g/mol. The molecule has 0 amide bonds. The van der Waals surface area contributed by atoms with E-state index >= 15 is 0 Å². The van der Waals surface area contributed by atoms with E-state index in [1.807, 2.05) is 24.3 Å². The van der Waals surface area contributed by atoms with Crippen molar-refractivity contribution in [1.82, 2.24) is 9.80 Å². The van der Waals surface area contributed by atoms with Crippen molar-refractivity contribution in [2.75, 3.05) is 50.1 Å². The summed E-state index contributed by atoms with van der Waals surface area (Å²) >= 11 is 0. The lowest BCUT2D eigenvalue weighted by molar-refractivity contribution is 0.186. The van der Waals surface area contributed by atoms with Crippen LogP contribution in [0.2, 0.25) is 0 Å². The van der Waals surface area contributed by atoms with Crippen molar-refractivity contribution in [2.45, 2.75) is 26.2 Å². The number of hydrogen-bond acceptors (Lipinski definition) is 7. The van der Waals surface area contributed by atoms with Gasteiger partial charge in [0.15, 0.2) is 11.5 Å². The summed E-state index contributed by atoms with van der Waals surface area (Å²) in [5.74, 6) is 5.66. The molecule has 0 spiro atoms. The van der Waals surface area contributed by atoms with Gasteiger partial charge in [0.2, 0.25) is 0 Å². The molecule has 6 bridgehead atoms. The van der Waals surface area contributed by atoms with Gasteiger partial charge in [0.25, 0.3) is 0 Å². The lowest BCUT2D eigenvalue weighted by Gasteiger charge is -2.29. The first-order valence-corrected chi connectivity index (χ1v) is 13.0. The van der Waals surface area contributed by atoms with Crippen LogP contribution < -0.4 is 14.5 Å². The van der Waals surface area contributed by atoms with Gasteiger partial charge in [-0.25, -0.2) is 0 Å². The summed E-state index contributed by atoms with van der Waals surface area (Å²) in [4.78, 5) is 9.30. The smallest absolute Gasteiger partial charge is 0.150 e. The third-order valence-corrected chi connectivity index (χ3v) is 7.23. The van der Waals surface area contributed by atoms with Crippen LogP contribution in [0.25, 0.3) is 0 Å². The molecule has 192 valence electrons. The molecular formula is C30H34N4O3. The van der Waals surface area contributed by atoms with Gasteiger partial charge in [-0.2, -0.15) is 0 Å². The Hall–Kier alpha value is -3.68. The van der Waals surface area contributed by atoms with E-state index in [1.54, 1.807) is 0 Å². The van der Waals surface area contributed by atoms with E-state index in [0.29, 0.717) is 0 Å². The maximum Gasteiger partial charge on any atom is 0.150 e. The van der Waals surface area contributed by atoms with Crippen LogP contribution in [0, 0.1) is 0 Å². The van der Waals surface area contributed by atoms with Gasteiger partial charge in [0.1, 0.15) is 23.0 Å². The number of benzene rings is 2. The van der Waals surface area contributed by atoms with Crippen LogP contribution in [0.1, 0.15) is 23.0 Å². The Morgan fingerprint density at radius 3 is 1.27 bits per heavy atom. The quantitative estimate of drug-likeness (QED) is 0.314.